The highest BCUT2D eigenvalue weighted by molar-refractivity contribution is 5.81. The van der Waals surface area contributed by atoms with Crippen LogP contribution in [-0.4, -0.2) is 49.1 Å². The molecule has 6 nitrogen and oxygen atoms in total. The summed E-state index contributed by atoms with van der Waals surface area (Å²) in [5.74, 6) is 1.28. The molecule has 19 heavy (non-hydrogen) atoms. The summed E-state index contributed by atoms with van der Waals surface area (Å²) in [6.45, 7) is 4.33. The van der Waals surface area contributed by atoms with E-state index in [1.54, 1.807) is 11.0 Å². The van der Waals surface area contributed by atoms with Crippen LogP contribution in [0, 0.1) is 0 Å². The fourth-order valence-electron chi connectivity index (χ4n) is 2.05. The monoisotopic (exact) mass is 264 g/mol. The van der Waals surface area contributed by atoms with Gasteiger partial charge in [0.2, 0.25) is 11.8 Å². The summed E-state index contributed by atoms with van der Waals surface area (Å²) < 4.78 is 5.39. The van der Waals surface area contributed by atoms with Crippen molar-refractivity contribution in [2.45, 2.75) is 13.3 Å². The highest BCUT2D eigenvalue weighted by Gasteiger charge is 2.20. The van der Waals surface area contributed by atoms with Crippen molar-refractivity contribution in [3.05, 3.63) is 12.1 Å². The minimum atomic E-state index is 0.106. The van der Waals surface area contributed by atoms with Gasteiger partial charge in [0.15, 0.2) is 0 Å². The molecule has 0 bridgehead atoms. The standard InChI is InChI=1S/C13H20N4O2/c1-3-19-13-10(14)5-6-11(15-13)17-8-4-7-16(2)12(18)9-17/h5-6H,3-4,7-9,14H2,1-2H3. The van der Waals surface area contributed by atoms with Gasteiger partial charge in [0.25, 0.3) is 0 Å². The summed E-state index contributed by atoms with van der Waals surface area (Å²) in [4.78, 5) is 20.0. The van der Waals surface area contributed by atoms with Crippen molar-refractivity contribution in [2.75, 3.05) is 43.9 Å². The van der Waals surface area contributed by atoms with Crippen molar-refractivity contribution in [1.29, 1.82) is 0 Å². The first-order chi connectivity index (χ1) is 9.11. The van der Waals surface area contributed by atoms with Gasteiger partial charge in [-0.2, -0.15) is 4.98 Å². The Morgan fingerprint density at radius 2 is 2.21 bits per heavy atom. The molecule has 0 unspecified atom stereocenters. The first-order valence-corrected chi connectivity index (χ1v) is 6.50. The van der Waals surface area contributed by atoms with Crippen LogP contribution in [0.25, 0.3) is 0 Å². The maximum Gasteiger partial charge on any atom is 0.241 e. The lowest BCUT2D eigenvalue weighted by Crippen LogP contribution is -2.34. The molecular formula is C13H20N4O2. The van der Waals surface area contributed by atoms with Crippen molar-refractivity contribution in [3.63, 3.8) is 0 Å². The summed E-state index contributed by atoms with van der Waals surface area (Å²) in [6, 6.07) is 3.60. The highest BCUT2D eigenvalue weighted by Crippen LogP contribution is 2.23. The molecule has 1 fully saturated rings. The number of hydrogen-bond acceptors (Lipinski definition) is 5. The molecule has 2 rings (SSSR count). The number of rotatable bonds is 3. The second-order valence-corrected chi connectivity index (χ2v) is 4.59. The van der Waals surface area contributed by atoms with Gasteiger partial charge in [-0.1, -0.05) is 0 Å². The van der Waals surface area contributed by atoms with Gasteiger partial charge >= 0.3 is 0 Å². The van der Waals surface area contributed by atoms with Gasteiger partial charge in [-0.15, -0.1) is 0 Å². The van der Waals surface area contributed by atoms with Gasteiger partial charge in [-0.05, 0) is 25.5 Å². The van der Waals surface area contributed by atoms with Crippen molar-refractivity contribution in [1.82, 2.24) is 9.88 Å². The molecule has 1 aliphatic rings. The zero-order chi connectivity index (χ0) is 13.8. The molecule has 1 saturated heterocycles. The second kappa shape index (κ2) is 5.77. The quantitative estimate of drug-likeness (QED) is 0.871. The molecule has 104 valence electrons. The average Bonchev–Trinajstić information content (AvgIpc) is 2.55. The molecule has 1 aliphatic heterocycles. The van der Waals surface area contributed by atoms with E-state index in [1.165, 1.54) is 0 Å². The number of likely N-dealkylation sites (N-methyl/N-ethyl adjacent to an activating group) is 1. The lowest BCUT2D eigenvalue weighted by Gasteiger charge is -2.21. The van der Waals surface area contributed by atoms with Crippen LogP contribution >= 0.6 is 0 Å². The van der Waals surface area contributed by atoms with Gasteiger partial charge in [0, 0.05) is 20.1 Å². The highest BCUT2D eigenvalue weighted by atomic mass is 16.5. The lowest BCUT2D eigenvalue weighted by molar-refractivity contribution is -0.127. The Morgan fingerprint density at radius 1 is 1.42 bits per heavy atom. The van der Waals surface area contributed by atoms with Crippen LogP contribution in [0.3, 0.4) is 0 Å². The Morgan fingerprint density at radius 3 is 2.95 bits per heavy atom. The third-order valence-corrected chi connectivity index (χ3v) is 3.15. The number of nitrogen functional groups attached to an aromatic ring is 1. The number of anilines is 2. The molecule has 1 amide bonds. The third kappa shape index (κ3) is 3.07. The van der Waals surface area contributed by atoms with E-state index in [0.29, 0.717) is 24.7 Å². The van der Waals surface area contributed by atoms with Crippen LogP contribution < -0.4 is 15.4 Å². The third-order valence-electron chi connectivity index (χ3n) is 3.15. The van der Waals surface area contributed by atoms with E-state index < -0.39 is 0 Å². The number of pyridine rings is 1. The smallest absolute Gasteiger partial charge is 0.241 e. The van der Waals surface area contributed by atoms with E-state index in [1.807, 2.05) is 24.9 Å². The lowest BCUT2D eigenvalue weighted by atomic mass is 10.3. The van der Waals surface area contributed by atoms with Crippen LogP contribution in [0.1, 0.15) is 13.3 Å². The number of nitrogens with two attached hydrogens (primary N) is 1. The number of ether oxygens (including phenoxy) is 1. The van der Waals surface area contributed by atoms with Crippen LogP contribution in [0.5, 0.6) is 5.88 Å². The molecule has 6 heteroatoms. The molecule has 0 aliphatic carbocycles. The molecule has 0 radical (unpaired) electrons. The first-order valence-electron chi connectivity index (χ1n) is 6.50. The van der Waals surface area contributed by atoms with Crippen LogP contribution in [-0.2, 0) is 4.79 Å². The van der Waals surface area contributed by atoms with E-state index in [-0.39, 0.29) is 5.91 Å². The Bertz CT molecular complexity index is 464. The fourth-order valence-corrected chi connectivity index (χ4v) is 2.05. The van der Waals surface area contributed by atoms with Crippen molar-refractivity contribution >= 4 is 17.4 Å². The Kier molecular flexibility index (Phi) is 4.09. The average molecular weight is 264 g/mol. The number of nitrogens with zero attached hydrogens (tertiary/aromatic N) is 3. The van der Waals surface area contributed by atoms with Gasteiger partial charge in [-0.3, -0.25) is 4.79 Å². The molecule has 1 aromatic heterocycles. The predicted octanol–water partition coefficient (Wildman–Crippen LogP) is 0.731. The van der Waals surface area contributed by atoms with Crippen LogP contribution in [0.2, 0.25) is 0 Å². The Hall–Kier alpha value is -1.98. The molecule has 0 spiro atoms. The number of carbonyl (C=O) groups is 1. The summed E-state index contributed by atoms with van der Waals surface area (Å²) in [5.41, 5.74) is 6.32. The minimum absolute atomic E-state index is 0.106. The maximum atomic E-state index is 11.9. The Balaban J connectivity index is 2.21. The topological polar surface area (TPSA) is 71.7 Å². The van der Waals surface area contributed by atoms with Gasteiger partial charge < -0.3 is 20.3 Å². The fraction of sp³-hybridized carbons (Fsp3) is 0.538. The minimum Gasteiger partial charge on any atom is -0.476 e. The van der Waals surface area contributed by atoms with Gasteiger partial charge in [-0.25, -0.2) is 0 Å². The number of hydrogen-bond donors (Lipinski definition) is 1. The van der Waals surface area contributed by atoms with E-state index in [4.69, 9.17) is 10.5 Å². The van der Waals surface area contributed by atoms with Gasteiger partial charge in [0.05, 0.1) is 18.8 Å². The normalized spacial score (nSPS) is 16.4. The molecule has 0 aromatic carbocycles. The van der Waals surface area contributed by atoms with E-state index >= 15 is 0 Å². The summed E-state index contributed by atoms with van der Waals surface area (Å²) in [5, 5.41) is 0. The van der Waals surface area contributed by atoms with Crippen molar-refractivity contribution in [3.8, 4) is 5.88 Å². The summed E-state index contributed by atoms with van der Waals surface area (Å²) >= 11 is 0. The summed E-state index contributed by atoms with van der Waals surface area (Å²) in [6.07, 6.45) is 0.929. The second-order valence-electron chi connectivity index (χ2n) is 4.59. The molecule has 0 saturated carbocycles. The van der Waals surface area contributed by atoms with Crippen LogP contribution in [0.15, 0.2) is 12.1 Å². The first kappa shape index (κ1) is 13.5. The van der Waals surface area contributed by atoms with Crippen molar-refractivity contribution in [2.24, 2.45) is 0 Å². The summed E-state index contributed by atoms with van der Waals surface area (Å²) in [7, 11) is 1.83. The maximum absolute atomic E-state index is 11.9. The molecule has 1 aromatic rings. The number of carbonyl (C=O) groups excluding carboxylic acids is 1. The molecule has 2 heterocycles. The zero-order valence-electron chi connectivity index (χ0n) is 11.4. The molecule has 0 atom stereocenters. The predicted molar refractivity (Wildman–Crippen MR) is 74.3 cm³/mol. The largest absolute Gasteiger partial charge is 0.476 e. The van der Waals surface area contributed by atoms with E-state index in [0.717, 1.165) is 25.3 Å². The van der Waals surface area contributed by atoms with E-state index in [2.05, 4.69) is 4.98 Å². The number of amides is 1. The molecule has 2 N–H and O–H groups in total. The number of aromatic nitrogens is 1. The van der Waals surface area contributed by atoms with Crippen molar-refractivity contribution < 1.29 is 9.53 Å². The molecular weight excluding hydrogens is 244 g/mol. The zero-order valence-corrected chi connectivity index (χ0v) is 11.4. The van der Waals surface area contributed by atoms with Gasteiger partial charge in [0.1, 0.15) is 5.82 Å². The van der Waals surface area contributed by atoms with E-state index in [9.17, 15) is 4.79 Å². The van der Waals surface area contributed by atoms with Crippen LogP contribution in [0.4, 0.5) is 11.5 Å². The Labute approximate surface area is 113 Å². The SMILES string of the molecule is CCOc1nc(N2CCCN(C)C(=O)C2)ccc1N.